The van der Waals surface area contributed by atoms with Crippen LogP contribution in [0, 0.1) is 0 Å². The van der Waals surface area contributed by atoms with Gasteiger partial charge in [-0.2, -0.15) is 0 Å². The molecule has 0 radical (unpaired) electrons. The van der Waals surface area contributed by atoms with Crippen LogP contribution in [0.2, 0.25) is 0 Å². The number of aliphatic hydroxyl groups excluding tert-OH is 3. The molecule has 0 aliphatic heterocycles. The van der Waals surface area contributed by atoms with E-state index in [0.717, 1.165) is 25.7 Å². The fraction of sp³-hybridized carbons (Fsp3) is 1.00. The van der Waals surface area contributed by atoms with Crippen LogP contribution in [0.25, 0.3) is 0 Å². The molecule has 3 atom stereocenters. The third-order valence-electron chi connectivity index (χ3n) is 5.53. The van der Waals surface area contributed by atoms with Crippen LogP contribution in [0.5, 0.6) is 0 Å². The predicted molar refractivity (Wildman–Crippen MR) is 118 cm³/mol. The van der Waals surface area contributed by atoms with Crippen molar-refractivity contribution in [1.82, 2.24) is 0 Å². The third-order valence-corrected chi connectivity index (χ3v) is 5.53. The summed E-state index contributed by atoms with van der Waals surface area (Å²) in [4.78, 5) is 0. The topological polar surface area (TPSA) is 69.9 Å². The van der Waals surface area contributed by atoms with E-state index in [4.69, 9.17) is 4.74 Å². The molecule has 0 aromatic carbocycles. The molecule has 0 aliphatic rings. The molecule has 0 amide bonds. The van der Waals surface area contributed by atoms with Crippen LogP contribution in [-0.2, 0) is 4.74 Å². The van der Waals surface area contributed by atoms with Gasteiger partial charge in [0.1, 0.15) is 6.10 Å². The standard InChI is InChI=1S/C24H50O4/c1-3-5-7-9-11-13-15-17-19-22(25)21-28-24(27)23(26)20-18-16-14-12-10-8-6-4-2/h22-27H,3-21H2,1-2H3. The Hall–Kier alpha value is -0.160. The maximum Gasteiger partial charge on any atom is 0.180 e. The summed E-state index contributed by atoms with van der Waals surface area (Å²) in [7, 11) is 0. The van der Waals surface area contributed by atoms with Crippen LogP contribution >= 0.6 is 0 Å². The maximum absolute atomic E-state index is 9.98. The molecule has 0 rings (SSSR count). The van der Waals surface area contributed by atoms with Crippen molar-refractivity contribution in [3.8, 4) is 0 Å². The zero-order valence-corrected chi connectivity index (χ0v) is 18.9. The summed E-state index contributed by atoms with van der Waals surface area (Å²) in [6.07, 6.45) is 18.3. The van der Waals surface area contributed by atoms with Crippen molar-refractivity contribution < 1.29 is 20.1 Å². The number of unbranched alkanes of at least 4 members (excludes halogenated alkanes) is 14. The number of rotatable bonds is 22. The monoisotopic (exact) mass is 402 g/mol. The minimum atomic E-state index is -1.18. The Kier molecular flexibility index (Phi) is 21.4. The molecule has 0 fully saturated rings. The molecule has 0 saturated heterocycles. The lowest BCUT2D eigenvalue weighted by Gasteiger charge is -2.20. The largest absolute Gasteiger partial charge is 0.391 e. The third kappa shape index (κ3) is 19.2. The summed E-state index contributed by atoms with van der Waals surface area (Å²) in [5.74, 6) is 0. The molecule has 0 spiro atoms. The molecule has 3 unspecified atom stereocenters. The highest BCUT2D eigenvalue weighted by atomic mass is 16.6. The van der Waals surface area contributed by atoms with E-state index in [1.807, 2.05) is 0 Å². The van der Waals surface area contributed by atoms with Gasteiger partial charge in [0.2, 0.25) is 0 Å². The molecule has 170 valence electrons. The van der Waals surface area contributed by atoms with Crippen molar-refractivity contribution in [1.29, 1.82) is 0 Å². The van der Waals surface area contributed by atoms with Crippen LogP contribution in [0.15, 0.2) is 0 Å². The molecule has 28 heavy (non-hydrogen) atoms. The Balaban J connectivity index is 3.47. The second kappa shape index (κ2) is 21.5. The highest BCUT2D eigenvalue weighted by molar-refractivity contribution is 4.62. The maximum atomic E-state index is 9.98. The van der Waals surface area contributed by atoms with E-state index in [2.05, 4.69) is 13.8 Å². The summed E-state index contributed by atoms with van der Waals surface area (Å²) in [6.45, 7) is 4.56. The van der Waals surface area contributed by atoms with Crippen LogP contribution in [0.3, 0.4) is 0 Å². The van der Waals surface area contributed by atoms with Crippen molar-refractivity contribution >= 4 is 0 Å². The van der Waals surface area contributed by atoms with Gasteiger partial charge in [-0.3, -0.25) is 0 Å². The van der Waals surface area contributed by atoms with E-state index in [-0.39, 0.29) is 6.61 Å². The molecule has 0 aliphatic carbocycles. The van der Waals surface area contributed by atoms with Gasteiger partial charge in [-0.1, -0.05) is 117 Å². The first-order valence-corrected chi connectivity index (χ1v) is 12.3. The molecule has 0 saturated carbocycles. The first-order chi connectivity index (χ1) is 13.6. The SMILES string of the molecule is CCCCCCCCCCC(O)COC(O)C(O)CCCCCCCCCC. The van der Waals surface area contributed by atoms with Gasteiger partial charge in [0.05, 0.1) is 12.7 Å². The molecule has 0 heterocycles. The molecule has 3 N–H and O–H groups in total. The van der Waals surface area contributed by atoms with E-state index < -0.39 is 18.5 Å². The summed E-state index contributed by atoms with van der Waals surface area (Å²) < 4.78 is 5.27. The van der Waals surface area contributed by atoms with Gasteiger partial charge in [-0.15, -0.1) is 0 Å². The minimum absolute atomic E-state index is 0.103. The second-order valence-corrected chi connectivity index (χ2v) is 8.47. The Morgan fingerprint density at radius 3 is 1.39 bits per heavy atom. The van der Waals surface area contributed by atoms with Crippen LogP contribution in [0.1, 0.15) is 129 Å². The number of hydrogen-bond donors (Lipinski definition) is 3. The highest BCUT2D eigenvalue weighted by Crippen LogP contribution is 2.14. The van der Waals surface area contributed by atoms with E-state index in [9.17, 15) is 15.3 Å². The second-order valence-electron chi connectivity index (χ2n) is 8.47. The normalized spacial score (nSPS) is 14.9. The molecule has 0 aromatic heterocycles. The van der Waals surface area contributed by atoms with E-state index in [1.165, 1.54) is 77.0 Å². The van der Waals surface area contributed by atoms with E-state index in [1.54, 1.807) is 0 Å². The zero-order valence-electron chi connectivity index (χ0n) is 18.9. The Bertz CT molecular complexity index is 298. The van der Waals surface area contributed by atoms with Crippen molar-refractivity contribution in [2.45, 2.75) is 148 Å². The van der Waals surface area contributed by atoms with Crippen LogP contribution in [0.4, 0.5) is 0 Å². The van der Waals surface area contributed by atoms with E-state index >= 15 is 0 Å². The number of hydrogen-bond acceptors (Lipinski definition) is 4. The first-order valence-electron chi connectivity index (χ1n) is 12.3. The molecular formula is C24H50O4. The van der Waals surface area contributed by atoms with Gasteiger partial charge in [0.25, 0.3) is 0 Å². The summed E-state index contributed by atoms with van der Waals surface area (Å²) >= 11 is 0. The zero-order chi connectivity index (χ0) is 20.9. The molecule has 0 aromatic rings. The van der Waals surface area contributed by atoms with Crippen molar-refractivity contribution in [3.63, 3.8) is 0 Å². The lowest BCUT2D eigenvalue weighted by molar-refractivity contribution is -0.176. The van der Waals surface area contributed by atoms with Gasteiger partial charge < -0.3 is 20.1 Å². The lowest BCUT2D eigenvalue weighted by atomic mass is 10.1. The molecule has 0 bridgehead atoms. The average Bonchev–Trinajstić information content (AvgIpc) is 2.69. The van der Waals surface area contributed by atoms with E-state index in [0.29, 0.717) is 12.8 Å². The van der Waals surface area contributed by atoms with Crippen molar-refractivity contribution in [2.75, 3.05) is 6.61 Å². The first kappa shape index (κ1) is 27.8. The lowest BCUT2D eigenvalue weighted by Crippen LogP contribution is -2.31. The van der Waals surface area contributed by atoms with Crippen molar-refractivity contribution in [3.05, 3.63) is 0 Å². The quantitative estimate of drug-likeness (QED) is 0.151. The number of ether oxygens (including phenoxy) is 1. The summed E-state index contributed by atoms with van der Waals surface area (Å²) in [5.41, 5.74) is 0. The Morgan fingerprint density at radius 1 is 0.536 bits per heavy atom. The highest BCUT2D eigenvalue weighted by Gasteiger charge is 2.17. The van der Waals surface area contributed by atoms with Gasteiger partial charge in [0, 0.05) is 0 Å². The molecule has 4 heteroatoms. The van der Waals surface area contributed by atoms with Crippen molar-refractivity contribution in [2.24, 2.45) is 0 Å². The smallest absolute Gasteiger partial charge is 0.180 e. The Labute approximate surface area is 175 Å². The molecular weight excluding hydrogens is 352 g/mol. The van der Waals surface area contributed by atoms with Crippen LogP contribution in [-0.4, -0.2) is 40.4 Å². The predicted octanol–water partition coefficient (Wildman–Crippen LogP) is 6.10. The summed E-state index contributed by atoms with van der Waals surface area (Å²) in [5, 5.41) is 29.8. The fourth-order valence-electron chi connectivity index (χ4n) is 3.55. The average molecular weight is 403 g/mol. The number of aliphatic hydroxyl groups is 3. The van der Waals surface area contributed by atoms with Gasteiger partial charge in [0.15, 0.2) is 6.29 Å². The summed E-state index contributed by atoms with van der Waals surface area (Å²) in [6, 6.07) is 0. The molecule has 4 nitrogen and oxygen atoms in total. The Morgan fingerprint density at radius 2 is 0.929 bits per heavy atom. The fourth-order valence-corrected chi connectivity index (χ4v) is 3.55. The minimum Gasteiger partial charge on any atom is -0.391 e. The van der Waals surface area contributed by atoms with Gasteiger partial charge >= 0.3 is 0 Å². The van der Waals surface area contributed by atoms with Crippen LogP contribution < -0.4 is 0 Å². The van der Waals surface area contributed by atoms with Gasteiger partial charge in [-0.05, 0) is 12.8 Å². The van der Waals surface area contributed by atoms with Gasteiger partial charge in [-0.25, -0.2) is 0 Å².